The molecule has 0 atom stereocenters. The van der Waals surface area contributed by atoms with Crippen molar-refractivity contribution in [1.29, 1.82) is 0 Å². The first kappa shape index (κ1) is 17.3. The van der Waals surface area contributed by atoms with Crippen LogP contribution in [0, 0.1) is 16.7 Å². The molecule has 138 valence electrons. The van der Waals surface area contributed by atoms with Gasteiger partial charge in [-0.25, -0.2) is 0 Å². The minimum atomic E-state index is 0.696. The minimum absolute atomic E-state index is 0.696. The van der Waals surface area contributed by atoms with Crippen LogP contribution in [-0.2, 0) is 0 Å². The van der Waals surface area contributed by atoms with Gasteiger partial charge in [-0.05, 0) is 75.8 Å². The van der Waals surface area contributed by atoms with Crippen molar-refractivity contribution in [2.45, 2.75) is 71.9 Å². The lowest BCUT2D eigenvalue weighted by Crippen LogP contribution is -2.70. The zero-order valence-electron chi connectivity index (χ0n) is 16.6. The summed E-state index contributed by atoms with van der Waals surface area (Å²) >= 11 is 0. The van der Waals surface area contributed by atoms with Crippen LogP contribution in [0.3, 0.4) is 0 Å². The van der Waals surface area contributed by atoms with Crippen LogP contribution in [0.1, 0.15) is 59.8 Å². The van der Waals surface area contributed by atoms with Gasteiger partial charge in [0, 0.05) is 44.8 Å². The maximum atomic E-state index is 2.81. The van der Waals surface area contributed by atoms with Crippen molar-refractivity contribution in [2.24, 2.45) is 16.7 Å². The van der Waals surface area contributed by atoms with Gasteiger partial charge in [-0.2, -0.15) is 0 Å². The fourth-order valence-electron chi connectivity index (χ4n) is 5.75. The summed E-state index contributed by atoms with van der Waals surface area (Å²) in [5.41, 5.74) is 1.42. The lowest BCUT2D eigenvalue weighted by molar-refractivity contribution is -0.109. The zero-order chi connectivity index (χ0) is 16.9. The smallest absolute Gasteiger partial charge is 0.0350 e. The number of hydrogen-bond acceptors (Lipinski definition) is 3. The van der Waals surface area contributed by atoms with Crippen LogP contribution in [0.4, 0.5) is 0 Å². The highest BCUT2D eigenvalue weighted by Crippen LogP contribution is 2.52. The Morgan fingerprint density at radius 2 is 1.54 bits per heavy atom. The molecule has 0 amide bonds. The first-order valence-electron chi connectivity index (χ1n) is 10.6. The average Bonchev–Trinajstić information content (AvgIpc) is 3.19. The second-order valence-corrected chi connectivity index (χ2v) is 10.5. The topological polar surface area (TPSA) is 9.72 Å². The van der Waals surface area contributed by atoms with E-state index in [1.165, 1.54) is 77.9 Å². The largest absolute Gasteiger partial charge is 0.301 e. The van der Waals surface area contributed by atoms with Crippen molar-refractivity contribution < 1.29 is 0 Å². The summed E-state index contributed by atoms with van der Waals surface area (Å²) in [7, 11) is 0. The van der Waals surface area contributed by atoms with Crippen LogP contribution in [0.5, 0.6) is 0 Å². The van der Waals surface area contributed by atoms with E-state index in [0.29, 0.717) is 5.41 Å². The van der Waals surface area contributed by atoms with E-state index in [1.807, 2.05) is 0 Å². The van der Waals surface area contributed by atoms with Crippen LogP contribution in [-0.4, -0.2) is 72.6 Å². The summed E-state index contributed by atoms with van der Waals surface area (Å²) in [4.78, 5) is 8.23. The van der Waals surface area contributed by atoms with Crippen molar-refractivity contribution in [3.8, 4) is 0 Å². The molecule has 0 aromatic heterocycles. The molecule has 3 saturated heterocycles. The predicted molar refractivity (Wildman–Crippen MR) is 101 cm³/mol. The summed E-state index contributed by atoms with van der Waals surface area (Å²) in [5, 5.41) is 0. The number of likely N-dealkylation sites (tertiary alicyclic amines) is 3. The maximum absolute atomic E-state index is 2.81. The Morgan fingerprint density at radius 3 is 2.04 bits per heavy atom. The van der Waals surface area contributed by atoms with E-state index >= 15 is 0 Å². The molecule has 1 aliphatic carbocycles. The molecule has 4 rings (SSSR count). The molecule has 0 aromatic rings. The van der Waals surface area contributed by atoms with Crippen LogP contribution < -0.4 is 0 Å². The Hall–Kier alpha value is -0.120. The normalized spacial score (nSPS) is 30.8. The molecule has 0 bridgehead atoms. The van der Waals surface area contributed by atoms with Crippen molar-refractivity contribution >= 4 is 0 Å². The highest BCUT2D eigenvalue weighted by Gasteiger charge is 2.51. The Kier molecular flexibility index (Phi) is 4.50. The second kappa shape index (κ2) is 6.25. The van der Waals surface area contributed by atoms with Gasteiger partial charge in [0.15, 0.2) is 0 Å². The van der Waals surface area contributed by atoms with Gasteiger partial charge in [-0.3, -0.25) is 9.80 Å². The summed E-state index contributed by atoms with van der Waals surface area (Å²) in [5.74, 6) is 0.872. The molecule has 4 fully saturated rings. The molecule has 3 aliphatic heterocycles. The lowest BCUT2D eigenvalue weighted by atomic mass is 9.70. The SMILES string of the molecule is CC(C)CC1(CN2CC(N3CC4(CCN(C(C)C)CC4)C3)C2)CC1. The first-order chi connectivity index (χ1) is 11.4. The number of hydrogen-bond donors (Lipinski definition) is 0. The molecule has 0 N–H and O–H groups in total. The summed E-state index contributed by atoms with van der Waals surface area (Å²) in [6.45, 7) is 19.0. The molecule has 3 heteroatoms. The predicted octanol–water partition coefficient (Wildman–Crippen LogP) is 3.30. The standard InChI is InChI=1S/C21H39N3/c1-17(2)11-20(5-6-20)14-22-12-19(13-22)24-15-21(16-24)7-9-23(10-8-21)18(3)4/h17-19H,5-16H2,1-4H3. The summed E-state index contributed by atoms with van der Waals surface area (Å²) in [6, 6.07) is 1.62. The minimum Gasteiger partial charge on any atom is -0.301 e. The number of rotatable bonds is 6. The van der Waals surface area contributed by atoms with Crippen LogP contribution in [0.15, 0.2) is 0 Å². The van der Waals surface area contributed by atoms with Gasteiger partial charge in [-0.1, -0.05) is 13.8 Å². The van der Waals surface area contributed by atoms with Gasteiger partial charge in [0.25, 0.3) is 0 Å². The molecule has 3 heterocycles. The summed E-state index contributed by atoms with van der Waals surface area (Å²) < 4.78 is 0. The molecule has 24 heavy (non-hydrogen) atoms. The van der Waals surface area contributed by atoms with E-state index in [-0.39, 0.29) is 0 Å². The van der Waals surface area contributed by atoms with Gasteiger partial charge in [0.05, 0.1) is 0 Å². The molecule has 1 saturated carbocycles. The molecular formula is C21H39N3. The third-order valence-electron chi connectivity index (χ3n) is 7.48. The molecule has 1 spiro atoms. The van der Waals surface area contributed by atoms with Crippen LogP contribution in [0.25, 0.3) is 0 Å². The van der Waals surface area contributed by atoms with Crippen LogP contribution in [0.2, 0.25) is 0 Å². The van der Waals surface area contributed by atoms with E-state index in [9.17, 15) is 0 Å². The second-order valence-electron chi connectivity index (χ2n) is 10.5. The van der Waals surface area contributed by atoms with Gasteiger partial charge < -0.3 is 4.90 Å². The van der Waals surface area contributed by atoms with E-state index in [1.54, 1.807) is 0 Å². The molecule has 3 nitrogen and oxygen atoms in total. The third-order valence-corrected chi connectivity index (χ3v) is 7.48. The average molecular weight is 334 g/mol. The lowest BCUT2D eigenvalue weighted by Gasteiger charge is -2.60. The molecular weight excluding hydrogens is 294 g/mol. The van der Waals surface area contributed by atoms with Gasteiger partial charge in [0.1, 0.15) is 0 Å². The number of piperidine rings is 1. The fourth-order valence-corrected chi connectivity index (χ4v) is 5.75. The Labute approximate surface area is 149 Å². The molecule has 0 aromatic carbocycles. The van der Waals surface area contributed by atoms with Gasteiger partial charge in [0.2, 0.25) is 0 Å². The van der Waals surface area contributed by atoms with Crippen LogP contribution >= 0.6 is 0 Å². The Morgan fingerprint density at radius 1 is 0.917 bits per heavy atom. The van der Waals surface area contributed by atoms with E-state index < -0.39 is 0 Å². The third kappa shape index (κ3) is 3.41. The first-order valence-corrected chi connectivity index (χ1v) is 10.6. The van der Waals surface area contributed by atoms with E-state index in [2.05, 4.69) is 42.4 Å². The van der Waals surface area contributed by atoms with Crippen molar-refractivity contribution in [3.05, 3.63) is 0 Å². The fraction of sp³-hybridized carbons (Fsp3) is 1.00. The molecule has 4 aliphatic rings. The Bertz CT molecular complexity index is 432. The number of nitrogens with zero attached hydrogens (tertiary/aromatic N) is 3. The van der Waals surface area contributed by atoms with Gasteiger partial charge >= 0.3 is 0 Å². The molecule has 0 unspecified atom stereocenters. The quantitative estimate of drug-likeness (QED) is 0.738. The maximum Gasteiger partial charge on any atom is 0.0350 e. The Balaban J connectivity index is 1.17. The van der Waals surface area contributed by atoms with Crippen molar-refractivity contribution in [1.82, 2.24) is 14.7 Å². The summed E-state index contributed by atoms with van der Waals surface area (Å²) in [6.07, 6.45) is 7.32. The van der Waals surface area contributed by atoms with Crippen molar-refractivity contribution in [3.63, 3.8) is 0 Å². The molecule has 0 radical (unpaired) electrons. The van der Waals surface area contributed by atoms with E-state index in [0.717, 1.165) is 23.4 Å². The highest BCUT2D eigenvalue weighted by molar-refractivity contribution is 5.05. The monoisotopic (exact) mass is 333 g/mol. The zero-order valence-corrected chi connectivity index (χ0v) is 16.6. The van der Waals surface area contributed by atoms with Gasteiger partial charge in [-0.15, -0.1) is 0 Å². The van der Waals surface area contributed by atoms with E-state index in [4.69, 9.17) is 0 Å². The highest BCUT2D eigenvalue weighted by atomic mass is 15.4. The van der Waals surface area contributed by atoms with Crippen molar-refractivity contribution in [2.75, 3.05) is 45.8 Å².